The van der Waals surface area contributed by atoms with E-state index in [2.05, 4.69) is 15.3 Å². The zero-order valence-electron chi connectivity index (χ0n) is 11.3. The van der Waals surface area contributed by atoms with Crippen molar-refractivity contribution in [3.05, 3.63) is 59.7 Å². The molecule has 2 aromatic rings. The number of nitrogens with zero attached hydrogens (tertiary/aromatic N) is 2. The summed E-state index contributed by atoms with van der Waals surface area (Å²) in [5.74, 6) is -1.26. The third kappa shape index (κ3) is 3.26. The molecule has 5 nitrogen and oxygen atoms in total. The Morgan fingerprint density at radius 1 is 1.20 bits per heavy atom. The minimum absolute atomic E-state index is 0.272. The summed E-state index contributed by atoms with van der Waals surface area (Å²) < 4.78 is 0. The van der Waals surface area contributed by atoms with E-state index in [9.17, 15) is 9.59 Å². The van der Waals surface area contributed by atoms with Crippen molar-refractivity contribution in [2.45, 2.75) is 19.9 Å². The maximum Gasteiger partial charge on any atom is 0.292 e. The largest absolute Gasteiger partial charge is 0.341 e. The minimum atomic E-state index is -0.659. The van der Waals surface area contributed by atoms with Crippen LogP contribution >= 0.6 is 0 Å². The number of aromatic nitrogens is 2. The monoisotopic (exact) mass is 269 g/mol. The van der Waals surface area contributed by atoms with Crippen LogP contribution in [0.2, 0.25) is 0 Å². The molecule has 0 radical (unpaired) electrons. The minimum Gasteiger partial charge on any atom is -0.341 e. The fourth-order valence-corrected chi connectivity index (χ4v) is 1.70. The summed E-state index contributed by atoms with van der Waals surface area (Å²) in [4.78, 5) is 31.8. The number of aryl methyl sites for hydroxylation is 1. The van der Waals surface area contributed by atoms with Crippen LogP contribution in [0.15, 0.2) is 42.9 Å². The Labute approximate surface area is 117 Å². The number of Topliss-reactive ketones (excluding diaryl/α,β-unsaturated/α-hetero) is 1. The summed E-state index contributed by atoms with van der Waals surface area (Å²) in [6.45, 7) is 3.72. The number of pyridine rings is 2. The molecule has 0 aromatic carbocycles. The van der Waals surface area contributed by atoms with Gasteiger partial charge in [0.05, 0.1) is 11.7 Å². The van der Waals surface area contributed by atoms with Crippen molar-refractivity contribution in [1.29, 1.82) is 0 Å². The third-order valence-corrected chi connectivity index (χ3v) is 2.86. The highest BCUT2D eigenvalue weighted by Crippen LogP contribution is 2.10. The van der Waals surface area contributed by atoms with Gasteiger partial charge in [0.2, 0.25) is 0 Å². The van der Waals surface area contributed by atoms with Gasteiger partial charge in [0.1, 0.15) is 0 Å². The normalized spacial score (nSPS) is 11.7. The lowest BCUT2D eigenvalue weighted by atomic mass is 10.1. The first-order chi connectivity index (χ1) is 9.58. The number of hydrogen-bond acceptors (Lipinski definition) is 4. The summed E-state index contributed by atoms with van der Waals surface area (Å²) in [6.07, 6.45) is 4.64. The fourth-order valence-electron chi connectivity index (χ4n) is 1.70. The Hall–Kier alpha value is -2.56. The molecule has 1 amide bonds. The van der Waals surface area contributed by atoms with Gasteiger partial charge >= 0.3 is 0 Å². The Morgan fingerprint density at radius 3 is 2.60 bits per heavy atom. The second kappa shape index (κ2) is 6.06. The van der Waals surface area contributed by atoms with Crippen molar-refractivity contribution in [2.75, 3.05) is 0 Å². The van der Waals surface area contributed by atoms with E-state index in [0.29, 0.717) is 5.69 Å². The van der Waals surface area contributed by atoms with Crippen molar-refractivity contribution in [3.8, 4) is 0 Å². The molecule has 0 spiro atoms. The first-order valence-electron chi connectivity index (χ1n) is 6.25. The second-order valence-electron chi connectivity index (χ2n) is 4.53. The molecule has 0 aliphatic rings. The molecule has 5 heteroatoms. The molecule has 20 heavy (non-hydrogen) atoms. The van der Waals surface area contributed by atoms with Gasteiger partial charge in [0.25, 0.3) is 11.7 Å². The van der Waals surface area contributed by atoms with Gasteiger partial charge in [0.15, 0.2) is 0 Å². The first-order valence-corrected chi connectivity index (χ1v) is 6.25. The van der Waals surface area contributed by atoms with Crippen LogP contribution in [0.1, 0.15) is 34.6 Å². The van der Waals surface area contributed by atoms with E-state index in [4.69, 9.17) is 0 Å². The van der Waals surface area contributed by atoms with E-state index in [-0.39, 0.29) is 11.6 Å². The summed E-state index contributed by atoms with van der Waals surface area (Å²) >= 11 is 0. The van der Waals surface area contributed by atoms with Gasteiger partial charge in [-0.05, 0) is 37.6 Å². The van der Waals surface area contributed by atoms with Gasteiger partial charge in [-0.2, -0.15) is 0 Å². The SMILES string of the molecule is Cc1ccc([C@H](C)NC(=O)C(=O)c2cccnc2)nc1. The van der Waals surface area contributed by atoms with Gasteiger partial charge in [0, 0.05) is 24.2 Å². The van der Waals surface area contributed by atoms with Crippen LogP contribution in [-0.2, 0) is 4.79 Å². The summed E-state index contributed by atoms with van der Waals surface area (Å²) in [5.41, 5.74) is 2.02. The Kier molecular flexibility index (Phi) is 4.20. The van der Waals surface area contributed by atoms with Crippen molar-refractivity contribution in [1.82, 2.24) is 15.3 Å². The number of amides is 1. The molecule has 2 heterocycles. The molecule has 0 bridgehead atoms. The highest BCUT2D eigenvalue weighted by Gasteiger charge is 2.19. The molecular formula is C15H15N3O2. The van der Waals surface area contributed by atoms with E-state index < -0.39 is 11.7 Å². The standard InChI is InChI=1S/C15H15N3O2/c1-10-5-6-13(17-8-10)11(2)18-15(20)14(19)12-4-3-7-16-9-12/h3-9,11H,1-2H3,(H,18,20)/t11-/m0/s1. The number of rotatable bonds is 4. The Balaban J connectivity index is 2.04. The first kappa shape index (κ1) is 13.9. The summed E-state index contributed by atoms with van der Waals surface area (Å²) in [6, 6.07) is 6.58. The maximum atomic E-state index is 11.9. The van der Waals surface area contributed by atoms with E-state index in [1.54, 1.807) is 31.5 Å². The summed E-state index contributed by atoms with van der Waals surface area (Å²) in [7, 11) is 0. The van der Waals surface area contributed by atoms with Crippen LogP contribution in [-0.4, -0.2) is 21.7 Å². The molecule has 2 rings (SSSR count). The third-order valence-electron chi connectivity index (χ3n) is 2.86. The number of carbonyl (C=O) groups is 2. The molecule has 0 unspecified atom stereocenters. The molecule has 0 saturated heterocycles. The van der Waals surface area contributed by atoms with E-state index in [1.807, 2.05) is 19.1 Å². The molecule has 2 aromatic heterocycles. The van der Waals surface area contributed by atoms with Gasteiger partial charge in [-0.15, -0.1) is 0 Å². The molecule has 102 valence electrons. The predicted octanol–water partition coefficient (Wildman–Crippen LogP) is 1.85. The molecule has 1 N–H and O–H groups in total. The number of nitrogens with one attached hydrogen (secondary N) is 1. The van der Waals surface area contributed by atoms with Crippen molar-refractivity contribution in [2.24, 2.45) is 0 Å². The van der Waals surface area contributed by atoms with Crippen molar-refractivity contribution in [3.63, 3.8) is 0 Å². The predicted molar refractivity (Wildman–Crippen MR) is 74.1 cm³/mol. The Bertz CT molecular complexity index is 609. The highest BCUT2D eigenvalue weighted by molar-refractivity contribution is 6.42. The van der Waals surface area contributed by atoms with Crippen molar-refractivity contribution < 1.29 is 9.59 Å². The summed E-state index contributed by atoms with van der Waals surface area (Å²) in [5, 5.41) is 2.64. The number of hydrogen-bond donors (Lipinski definition) is 1. The van der Waals surface area contributed by atoms with Gasteiger partial charge < -0.3 is 5.32 Å². The lowest BCUT2D eigenvalue weighted by Crippen LogP contribution is -2.33. The van der Waals surface area contributed by atoms with Gasteiger partial charge in [-0.25, -0.2) is 0 Å². The lowest BCUT2D eigenvalue weighted by molar-refractivity contribution is -0.117. The average molecular weight is 269 g/mol. The zero-order valence-corrected chi connectivity index (χ0v) is 11.3. The van der Waals surface area contributed by atoms with Gasteiger partial charge in [-0.1, -0.05) is 6.07 Å². The maximum absolute atomic E-state index is 11.9. The zero-order chi connectivity index (χ0) is 14.5. The van der Waals surface area contributed by atoms with Crippen LogP contribution in [0.4, 0.5) is 0 Å². The fraction of sp³-hybridized carbons (Fsp3) is 0.200. The van der Waals surface area contributed by atoms with E-state index >= 15 is 0 Å². The van der Waals surface area contributed by atoms with Crippen LogP contribution in [0, 0.1) is 6.92 Å². The van der Waals surface area contributed by atoms with Crippen molar-refractivity contribution >= 4 is 11.7 Å². The average Bonchev–Trinajstić information content (AvgIpc) is 2.48. The quantitative estimate of drug-likeness (QED) is 0.679. The molecule has 0 aliphatic heterocycles. The smallest absolute Gasteiger partial charge is 0.292 e. The second-order valence-corrected chi connectivity index (χ2v) is 4.53. The highest BCUT2D eigenvalue weighted by atomic mass is 16.2. The number of carbonyl (C=O) groups excluding carboxylic acids is 2. The Morgan fingerprint density at radius 2 is 2.00 bits per heavy atom. The lowest BCUT2D eigenvalue weighted by Gasteiger charge is -2.12. The van der Waals surface area contributed by atoms with Gasteiger partial charge in [-0.3, -0.25) is 19.6 Å². The van der Waals surface area contributed by atoms with Crippen LogP contribution < -0.4 is 5.32 Å². The van der Waals surface area contributed by atoms with E-state index in [0.717, 1.165) is 5.56 Å². The number of ketones is 1. The van der Waals surface area contributed by atoms with Crippen LogP contribution in [0.3, 0.4) is 0 Å². The molecule has 0 saturated carbocycles. The topological polar surface area (TPSA) is 72.0 Å². The molecule has 1 atom stereocenters. The molecular weight excluding hydrogens is 254 g/mol. The van der Waals surface area contributed by atoms with E-state index in [1.165, 1.54) is 6.20 Å². The molecule has 0 aliphatic carbocycles. The van der Waals surface area contributed by atoms with Crippen LogP contribution in [0.5, 0.6) is 0 Å². The molecule has 0 fully saturated rings. The van der Waals surface area contributed by atoms with Crippen LogP contribution in [0.25, 0.3) is 0 Å².